The van der Waals surface area contributed by atoms with Crippen molar-refractivity contribution in [3.8, 4) is 0 Å². The summed E-state index contributed by atoms with van der Waals surface area (Å²) in [6.07, 6.45) is 0. The molecule has 0 amide bonds. The standard InChI is InChI=1S/C9H20N2O/c1-6-12-9(4,5)8(11-10)7(2)3/h8,11H,2,6,10H2,1,3-5H3. The maximum Gasteiger partial charge on any atom is 0.0829 e. The van der Waals surface area contributed by atoms with Crippen LogP contribution >= 0.6 is 0 Å². The van der Waals surface area contributed by atoms with E-state index in [-0.39, 0.29) is 11.6 Å². The molecule has 0 aliphatic rings. The summed E-state index contributed by atoms with van der Waals surface area (Å²) in [6, 6.07) is -0.00236. The number of hydrogen-bond acceptors (Lipinski definition) is 3. The molecule has 0 aromatic carbocycles. The molecule has 12 heavy (non-hydrogen) atoms. The highest BCUT2D eigenvalue weighted by molar-refractivity contribution is 5.08. The molecule has 0 aromatic heterocycles. The molecule has 0 fully saturated rings. The molecule has 3 heteroatoms. The summed E-state index contributed by atoms with van der Waals surface area (Å²) in [5.41, 5.74) is 3.39. The van der Waals surface area contributed by atoms with Crippen LogP contribution in [0.1, 0.15) is 27.7 Å². The minimum absolute atomic E-state index is 0.00236. The van der Waals surface area contributed by atoms with Crippen molar-refractivity contribution in [2.75, 3.05) is 6.61 Å². The zero-order chi connectivity index (χ0) is 9.78. The fourth-order valence-corrected chi connectivity index (χ4v) is 1.39. The van der Waals surface area contributed by atoms with E-state index < -0.39 is 0 Å². The van der Waals surface area contributed by atoms with Crippen LogP contribution in [-0.4, -0.2) is 18.2 Å². The third kappa shape index (κ3) is 2.93. The number of nitrogens with two attached hydrogens (primary N) is 1. The average Bonchev–Trinajstić information content (AvgIpc) is 1.86. The molecular formula is C9H20N2O. The quantitative estimate of drug-likeness (QED) is 0.372. The number of nitrogens with one attached hydrogen (secondary N) is 1. The zero-order valence-corrected chi connectivity index (χ0v) is 8.48. The second-order valence-corrected chi connectivity index (χ2v) is 3.48. The number of ether oxygens (including phenoxy) is 1. The van der Waals surface area contributed by atoms with Gasteiger partial charge in [-0.3, -0.25) is 11.3 Å². The molecule has 3 N–H and O–H groups in total. The lowest BCUT2D eigenvalue weighted by Gasteiger charge is -2.33. The maximum atomic E-state index is 5.54. The minimum atomic E-state index is -0.296. The SMILES string of the molecule is C=C(C)C(NN)C(C)(C)OCC. The summed E-state index contributed by atoms with van der Waals surface area (Å²) < 4.78 is 5.54. The van der Waals surface area contributed by atoms with Gasteiger partial charge in [0.1, 0.15) is 0 Å². The van der Waals surface area contributed by atoms with Gasteiger partial charge in [-0.2, -0.15) is 0 Å². The van der Waals surface area contributed by atoms with E-state index in [0.29, 0.717) is 6.61 Å². The molecule has 0 rings (SSSR count). The second kappa shape index (κ2) is 4.60. The lowest BCUT2D eigenvalue weighted by molar-refractivity contribution is -0.0292. The minimum Gasteiger partial charge on any atom is -0.374 e. The van der Waals surface area contributed by atoms with Crippen LogP contribution in [0, 0.1) is 0 Å². The van der Waals surface area contributed by atoms with Gasteiger partial charge in [-0.25, -0.2) is 0 Å². The van der Waals surface area contributed by atoms with E-state index in [4.69, 9.17) is 10.6 Å². The van der Waals surface area contributed by atoms with Gasteiger partial charge in [-0.05, 0) is 27.7 Å². The first-order valence-electron chi connectivity index (χ1n) is 4.21. The molecule has 0 aromatic rings. The van der Waals surface area contributed by atoms with Gasteiger partial charge < -0.3 is 4.74 Å². The molecule has 0 aliphatic heterocycles. The largest absolute Gasteiger partial charge is 0.374 e. The van der Waals surface area contributed by atoms with Gasteiger partial charge >= 0.3 is 0 Å². The summed E-state index contributed by atoms with van der Waals surface area (Å²) in [7, 11) is 0. The van der Waals surface area contributed by atoms with Crippen molar-refractivity contribution in [2.45, 2.75) is 39.3 Å². The molecular weight excluding hydrogens is 152 g/mol. The first-order valence-corrected chi connectivity index (χ1v) is 4.21. The van der Waals surface area contributed by atoms with Crippen LogP contribution in [0.4, 0.5) is 0 Å². The van der Waals surface area contributed by atoms with Crippen LogP contribution in [0.5, 0.6) is 0 Å². The molecule has 0 radical (unpaired) electrons. The fourth-order valence-electron chi connectivity index (χ4n) is 1.39. The van der Waals surface area contributed by atoms with Gasteiger partial charge in [0.05, 0.1) is 11.6 Å². The Morgan fingerprint density at radius 1 is 1.67 bits per heavy atom. The molecule has 0 saturated carbocycles. The van der Waals surface area contributed by atoms with E-state index in [0.717, 1.165) is 5.57 Å². The Bertz CT molecular complexity index is 155. The molecule has 1 unspecified atom stereocenters. The average molecular weight is 172 g/mol. The monoisotopic (exact) mass is 172 g/mol. The topological polar surface area (TPSA) is 47.3 Å². The van der Waals surface area contributed by atoms with E-state index in [2.05, 4.69) is 12.0 Å². The first-order chi connectivity index (χ1) is 5.45. The highest BCUT2D eigenvalue weighted by Gasteiger charge is 2.29. The Labute approximate surface area is 74.9 Å². The first kappa shape index (κ1) is 11.6. The molecule has 0 aliphatic carbocycles. The molecule has 0 bridgehead atoms. The molecule has 72 valence electrons. The van der Waals surface area contributed by atoms with Crippen molar-refractivity contribution in [3.05, 3.63) is 12.2 Å². The van der Waals surface area contributed by atoms with Crippen molar-refractivity contribution in [2.24, 2.45) is 5.84 Å². The zero-order valence-electron chi connectivity index (χ0n) is 8.48. The van der Waals surface area contributed by atoms with E-state index in [1.165, 1.54) is 0 Å². The molecule has 0 saturated heterocycles. The van der Waals surface area contributed by atoms with Crippen LogP contribution < -0.4 is 11.3 Å². The summed E-state index contributed by atoms with van der Waals surface area (Å²) >= 11 is 0. The van der Waals surface area contributed by atoms with Crippen LogP contribution in [0.2, 0.25) is 0 Å². The van der Waals surface area contributed by atoms with Crippen molar-refractivity contribution in [1.82, 2.24) is 5.43 Å². The molecule has 1 atom stereocenters. The normalized spacial score (nSPS) is 14.4. The van der Waals surface area contributed by atoms with E-state index in [9.17, 15) is 0 Å². The fraction of sp³-hybridized carbons (Fsp3) is 0.778. The van der Waals surface area contributed by atoms with Gasteiger partial charge in [0.2, 0.25) is 0 Å². The van der Waals surface area contributed by atoms with Crippen molar-refractivity contribution < 1.29 is 4.74 Å². The Balaban J connectivity index is 4.36. The van der Waals surface area contributed by atoms with E-state index >= 15 is 0 Å². The predicted octanol–water partition coefficient (Wildman–Crippen LogP) is 1.21. The molecule has 0 spiro atoms. The third-order valence-corrected chi connectivity index (χ3v) is 1.87. The van der Waals surface area contributed by atoms with Crippen LogP contribution in [0.3, 0.4) is 0 Å². The van der Waals surface area contributed by atoms with Crippen molar-refractivity contribution in [1.29, 1.82) is 0 Å². The smallest absolute Gasteiger partial charge is 0.0829 e. The Morgan fingerprint density at radius 3 is 2.42 bits per heavy atom. The predicted molar refractivity (Wildman–Crippen MR) is 51.6 cm³/mol. The van der Waals surface area contributed by atoms with Gasteiger partial charge in [0.25, 0.3) is 0 Å². The summed E-state index contributed by atoms with van der Waals surface area (Å²) in [6.45, 7) is 12.4. The van der Waals surface area contributed by atoms with Gasteiger partial charge in [0.15, 0.2) is 0 Å². The van der Waals surface area contributed by atoms with Crippen LogP contribution in [0.25, 0.3) is 0 Å². The van der Waals surface area contributed by atoms with E-state index in [1.54, 1.807) is 0 Å². The molecule has 3 nitrogen and oxygen atoms in total. The summed E-state index contributed by atoms with van der Waals surface area (Å²) in [5.74, 6) is 5.40. The number of rotatable bonds is 5. The number of hydrazine groups is 1. The van der Waals surface area contributed by atoms with Gasteiger partial charge in [0, 0.05) is 6.61 Å². The Morgan fingerprint density at radius 2 is 2.17 bits per heavy atom. The lowest BCUT2D eigenvalue weighted by atomic mass is 9.94. The maximum absolute atomic E-state index is 5.54. The highest BCUT2D eigenvalue weighted by Crippen LogP contribution is 2.19. The van der Waals surface area contributed by atoms with Gasteiger partial charge in [-0.1, -0.05) is 12.2 Å². The number of hydrogen-bond donors (Lipinski definition) is 2. The van der Waals surface area contributed by atoms with Crippen molar-refractivity contribution >= 4 is 0 Å². The second-order valence-electron chi connectivity index (χ2n) is 3.48. The Hall–Kier alpha value is -0.380. The summed E-state index contributed by atoms with van der Waals surface area (Å²) in [5, 5.41) is 0. The van der Waals surface area contributed by atoms with E-state index in [1.807, 2.05) is 27.7 Å². The van der Waals surface area contributed by atoms with Crippen LogP contribution in [-0.2, 0) is 4.74 Å². The van der Waals surface area contributed by atoms with Crippen molar-refractivity contribution in [3.63, 3.8) is 0 Å². The third-order valence-electron chi connectivity index (χ3n) is 1.87. The van der Waals surface area contributed by atoms with Gasteiger partial charge in [-0.15, -0.1) is 0 Å². The highest BCUT2D eigenvalue weighted by atomic mass is 16.5. The lowest BCUT2D eigenvalue weighted by Crippen LogP contribution is -2.52. The molecule has 0 heterocycles. The van der Waals surface area contributed by atoms with Crippen LogP contribution in [0.15, 0.2) is 12.2 Å². The summed E-state index contributed by atoms with van der Waals surface area (Å²) in [4.78, 5) is 0. The Kier molecular flexibility index (Phi) is 4.45.